The molecule has 3 rings (SSSR count). The fourth-order valence-electron chi connectivity index (χ4n) is 3.06. The van der Waals surface area contributed by atoms with Gasteiger partial charge in [0.05, 0.1) is 11.7 Å². The van der Waals surface area contributed by atoms with Crippen molar-refractivity contribution in [2.75, 3.05) is 4.90 Å². The zero-order valence-corrected chi connectivity index (χ0v) is 13.6. The van der Waals surface area contributed by atoms with Crippen molar-refractivity contribution in [3.8, 4) is 0 Å². The standard InChI is InChI=1S/C19H22N2O/c1-12(2)21-17-11-14(4)13(3)10-16(17)18(20-19(21)22)15-8-6-5-7-9-15/h5-12,18H,1-4H3,(H,20,22). The van der Waals surface area contributed by atoms with Crippen LogP contribution in [-0.2, 0) is 0 Å². The fraction of sp³-hybridized carbons (Fsp3) is 0.316. The number of rotatable bonds is 2. The van der Waals surface area contributed by atoms with Gasteiger partial charge in [0.15, 0.2) is 0 Å². The summed E-state index contributed by atoms with van der Waals surface area (Å²) >= 11 is 0. The molecular formula is C19H22N2O. The van der Waals surface area contributed by atoms with E-state index >= 15 is 0 Å². The lowest BCUT2D eigenvalue weighted by molar-refractivity contribution is 0.241. The van der Waals surface area contributed by atoms with Crippen LogP contribution >= 0.6 is 0 Å². The Bertz CT molecular complexity index is 707. The number of carbonyl (C=O) groups excluding carboxylic acids is 1. The lowest BCUT2D eigenvalue weighted by Gasteiger charge is -2.38. The Labute approximate surface area is 132 Å². The number of nitrogens with one attached hydrogen (secondary N) is 1. The number of amides is 2. The monoisotopic (exact) mass is 294 g/mol. The first-order valence-electron chi connectivity index (χ1n) is 7.75. The molecule has 0 saturated carbocycles. The maximum absolute atomic E-state index is 12.6. The smallest absolute Gasteiger partial charge is 0.322 e. The van der Waals surface area contributed by atoms with Crippen molar-refractivity contribution in [2.24, 2.45) is 0 Å². The second-order valence-electron chi connectivity index (χ2n) is 6.25. The fourth-order valence-corrected chi connectivity index (χ4v) is 3.06. The molecule has 0 radical (unpaired) electrons. The quantitative estimate of drug-likeness (QED) is 0.878. The van der Waals surface area contributed by atoms with E-state index in [0.29, 0.717) is 0 Å². The van der Waals surface area contributed by atoms with Crippen molar-refractivity contribution in [3.63, 3.8) is 0 Å². The molecule has 0 spiro atoms. The molecule has 2 amide bonds. The summed E-state index contributed by atoms with van der Waals surface area (Å²) in [6.45, 7) is 8.30. The van der Waals surface area contributed by atoms with Crippen molar-refractivity contribution >= 4 is 11.7 Å². The van der Waals surface area contributed by atoms with Crippen LogP contribution in [0.15, 0.2) is 42.5 Å². The first-order valence-corrected chi connectivity index (χ1v) is 7.75. The summed E-state index contributed by atoms with van der Waals surface area (Å²) < 4.78 is 0. The molecule has 0 aliphatic carbocycles. The number of urea groups is 1. The third-order valence-corrected chi connectivity index (χ3v) is 4.35. The second kappa shape index (κ2) is 5.48. The Hall–Kier alpha value is -2.29. The van der Waals surface area contributed by atoms with Crippen LogP contribution in [0.2, 0.25) is 0 Å². The summed E-state index contributed by atoms with van der Waals surface area (Å²) in [5.41, 5.74) is 5.77. The molecule has 1 heterocycles. The Kier molecular flexibility index (Phi) is 3.65. The van der Waals surface area contributed by atoms with Crippen LogP contribution in [0.25, 0.3) is 0 Å². The van der Waals surface area contributed by atoms with E-state index in [4.69, 9.17) is 0 Å². The average Bonchev–Trinajstić information content (AvgIpc) is 2.49. The lowest BCUT2D eigenvalue weighted by Crippen LogP contribution is -2.50. The largest absolute Gasteiger partial charge is 0.327 e. The van der Waals surface area contributed by atoms with Crippen molar-refractivity contribution in [1.82, 2.24) is 5.32 Å². The van der Waals surface area contributed by atoms with Gasteiger partial charge in [-0.25, -0.2) is 4.79 Å². The molecule has 3 nitrogen and oxygen atoms in total. The summed E-state index contributed by atoms with van der Waals surface area (Å²) in [6, 6.07) is 14.5. The number of carbonyl (C=O) groups is 1. The van der Waals surface area contributed by atoms with Gasteiger partial charge in [-0.3, -0.25) is 4.90 Å². The molecule has 3 heteroatoms. The van der Waals surface area contributed by atoms with E-state index in [2.05, 4.69) is 43.4 Å². The number of aryl methyl sites for hydroxylation is 2. The highest BCUT2D eigenvalue weighted by atomic mass is 16.2. The summed E-state index contributed by atoms with van der Waals surface area (Å²) in [5, 5.41) is 3.15. The van der Waals surface area contributed by atoms with Crippen molar-refractivity contribution in [2.45, 2.75) is 39.8 Å². The Morgan fingerprint density at radius 2 is 1.68 bits per heavy atom. The van der Waals surface area contributed by atoms with Gasteiger partial charge in [0.1, 0.15) is 0 Å². The topological polar surface area (TPSA) is 32.3 Å². The Balaban J connectivity index is 2.19. The van der Waals surface area contributed by atoms with Crippen molar-refractivity contribution in [1.29, 1.82) is 0 Å². The van der Waals surface area contributed by atoms with Gasteiger partial charge in [0, 0.05) is 11.6 Å². The van der Waals surface area contributed by atoms with E-state index in [1.807, 2.05) is 36.9 Å². The average molecular weight is 294 g/mol. The summed E-state index contributed by atoms with van der Waals surface area (Å²) in [5.74, 6) is 0. The molecule has 0 saturated heterocycles. The van der Waals surface area contributed by atoms with E-state index in [9.17, 15) is 4.79 Å². The number of fused-ring (bicyclic) bond motifs is 1. The zero-order valence-electron chi connectivity index (χ0n) is 13.6. The van der Waals surface area contributed by atoms with Crippen LogP contribution in [0.4, 0.5) is 10.5 Å². The third kappa shape index (κ3) is 2.37. The van der Waals surface area contributed by atoms with Crippen LogP contribution < -0.4 is 10.2 Å². The number of hydrogen-bond donors (Lipinski definition) is 1. The van der Waals surface area contributed by atoms with E-state index in [0.717, 1.165) is 11.3 Å². The van der Waals surface area contributed by atoms with E-state index in [-0.39, 0.29) is 18.1 Å². The van der Waals surface area contributed by atoms with Crippen molar-refractivity contribution < 1.29 is 4.79 Å². The molecule has 0 bridgehead atoms. The number of anilines is 1. The van der Waals surface area contributed by atoms with Crippen LogP contribution in [-0.4, -0.2) is 12.1 Å². The predicted molar refractivity (Wildman–Crippen MR) is 90.3 cm³/mol. The first kappa shape index (κ1) is 14.6. The van der Waals surface area contributed by atoms with E-state index in [1.165, 1.54) is 16.7 Å². The molecule has 1 unspecified atom stereocenters. The molecular weight excluding hydrogens is 272 g/mol. The highest BCUT2D eigenvalue weighted by molar-refractivity contribution is 5.96. The zero-order chi connectivity index (χ0) is 15.9. The molecule has 2 aromatic carbocycles. The molecule has 0 fully saturated rings. The van der Waals surface area contributed by atoms with Crippen LogP contribution in [0.3, 0.4) is 0 Å². The van der Waals surface area contributed by atoms with Crippen LogP contribution in [0.5, 0.6) is 0 Å². The van der Waals surface area contributed by atoms with Gasteiger partial charge in [-0.15, -0.1) is 0 Å². The van der Waals surface area contributed by atoms with E-state index < -0.39 is 0 Å². The van der Waals surface area contributed by atoms with Gasteiger partial charge >= 0.3 is 6.03 Å². The maximum Gasteiger partial charge on any atom is 0.322 e. The molecule has 114 valence electrons. The lowest BCUT2D eigenvalue weighted by atomic mass is 9.91. The molecule has 1 aliphatic heterocycles. The highest BCUT2D eigenvalue weighted by Gasteiger charge is 2.33. The van der Waals surface area contributed by atoms with Gasteiger partial charge in [-0.2, -0.15) is 0 Å². The molecule has 1 N–H and O–H groups in total. The van der Waals surface area contributed by atoms with E-state index in [1.54, 1.807) is 0 Å². The third-order valence-electron chi connectivity index (χ3n) is 4.35. The highest BCUT2D eigenvalue weighted by Crippen LogP contribution is 2.37. The number of benzene rings is 2. The molecule has 0 aromatic heterocycles. The Morgan fingerprint density at radius 1 is 1.05 bits per heavy atom. The van der Waals surface area contributed by atoms with Gasteiger partial charge in [-0.05, 0) is 50.5 Å². The molecule has 2 aromatic rings. The van der Waals surface area contributed by atoms with Gasteiger partial charge in [0.2, 0.25) is 0 Å². The van der Waals surface area contributed by atoms with Crippen LogP contribution in [0, 0.1) is 13.8 Å². The van der Waals surface area contributed by atoms with Gasteiger partial charge in [0.25, 0.3) is 0 Å². The van der Waals surface area contributed by atoms with Crippen LogP contribution in [0.1, 0.15) is 42.1 Å². The number of nitrogens with zero attached hydrogens (tertiary/aromatic N) is 1. The van der Waals surface area contributed by atoms with Gasteiger partial charge < -0.3 is 5.32 Å². The summed E-state index contributed by atoms with van der Waals surface area (Å²) in [6.07, 6.45) is 0. The first-order chi connectivity index (χ1) is 10.5. The minimum Gasteiger partial charge on any atom is -0.327 e. The minimum absolute atomic E-state index is 0.0281. The molecule has 1 atom stereocenters. The maximum atomic E-state index is 12.6. The Morgan fingerprint density at radius 3 is 2.32 bits per heavy atom. The molecule has 22 heavy (non-hydrogen) atoms. The predicted octanol–water partition coefficient (Wildman–Crippen LogP) is 4.33. The normalized spacial score (nSPS) is 17.4. The summed E-state index contributed by atoms with van der Waals surface area (Å²) in [4.78, 5) is 14.4. The SMILES string of the molecule is Cc1cc2c(cc1C)N(C(C)C)C(=O)NC2c1ccccc1. The second-order valence-corrected chi connectivity index (χ2v) is 6.25. The van der Waals surface area contributed by atoms with Crippen molar-refractivity contribution in [3.05, 3.63) is 64.7 Å². The number of hydrogen-bond acceptors (Lipinski definition) is 1. The molecule has 1 aliphatic rings. The minimum atomic E-state index is -0.0852. The van der Waals surface area contributed by atoms with Gasteiger partial charge in [-0.1, -0.05) is 36.4 Å². The summed E-state index contributed by atoms with van der Waals surface area (Å²) in [7, 11) is 0.